The van der Waals surface area contributed by atoms with Crippen molar-refractivity contribution in [3.8, 4) is 0 Å². The summed E-state index contributed by atoms with van der Waals surface area (Å²) in [7, 11) is 0. The first kappa shape index (κ1) is 22.3. The first-order valence-corrected chi connectivity index (χ1v) is 4.36. The van der Waals surface area contributed by atoms with E-state index in [-0.39, 0.29) is 0 Å². The van der Waals surface area contributed by atoms with E-state index < -0.39 is 44.1 Å². The van der Waals surface area contributed by atoms with Crippen LogP contribution in [0.15, 0.2) is 0 Å². The Balaban J connectivity index is 0. The van der Waals surface area contributed by atoms with Crippen molar-refractivity contribution in [1.82, 2.24) is 0 Å². The van der Waals surface area contributed by atoms with Gasteiger partial charge in [0.15, 0.2) is 0 Å². The van der Waals surface area contributed by atoms with Gasteiger partial charge in [-0.15, -0.1) is 13.2 Å². The van der Waals surface area contributed by atoms with Gasteiger partial charge >= 0.3 is 31.1 Å². The van der Waals surface area contributed by atoms with Gasteiger partial charge in [-0.3, -0.25) is 4.74 Å². The first-order valence-electron chi connectivity index (χ1n) is 4.36. The molecule has 0 fully saturated rings. The largest absolute Gasteiger partial charge is 0.522 e. The van der Waals surface area contributed by atoms with E-state index in [1.165, 1.54) is 0 Å². The zero-order chi connectivity index (χ0) is 17.7. The van der Waals surface area contributed by atoms with Crippen LogP contribution in [0, 0.1) is 0 Å². The standard InChI is InChI=1S/C4H3F7O.C3H2F6/c5-2(6)3(7,8)1-12-4(9,10)11;4-2(5,6)1-3(7,8)9/h2H,1H2;1H2. The summed E-state index contributed by atoms with van der Waals surface area (Å²) in [5.74, 6) is -4.77. The van der Waals surface area contributed by atoms with Crippen molar-refractivity contribution in [2.75, 3.05) is 6.61 Å². The molecule has 0 heterocycles. The lowest BCUT2D eigenvalue weighted by Gasteiger charge is -2.15. The second kappa shape index (κ2) is 7.35. The number of hydrogen-bond acceptors (Lipinski definition) is 1. The smallest absolute Gasteiger partial charge is 0.285 e. The fourth-order valence-electron chi connectivity index (χ4n) is 0.468. The molecule has 21 heavy (non-hydrogen) atoms. The quantitative estimate of drug-likeness (QED) is 0.655. The third-order valence-corrected chi connectivity index (χ3v) is 1.15. The minimum absolute atomic E-state index is 2.37. The van der Waals surface area contributed by atoms with Crippen molar-refractivity contribution < 1.29 is 61.8 Å². The van der Waals surface area contributed by atoms with Gasteiger partial charge in [0.1, 0.15) is 13.0 Å². The zero-order valence-electron chi connectivity index (χ0n) is 9.31. The van der Waals surface area contributed by atoms with Crippen LogP contribution >= 0.6 is 0 Å². The van der Waals surface area contributed by atoms with E-state index in [1.54, 1.807) is 0 Å². The Labute approximate surface area is 107 Å². The van der Waals surface area contributed by atoms with Crippen molar-refractivity contribution in [2.24, 2.45) is 0 Å². The Hall–Kier alpha value is -0.950. The van der Waals surface area contributed by atoms with Gasteiger partial charge in [0.2, 0.25) is 0 Å². The molecule has 0 bridgehead atoms. The summed E-state index contributed by atoms with van der Waals surface area (Å²) >= 11 is 0. The number of halogens is 13. The molecule has 0 rings (SSSR count). The molecule has 130 valence electrons. The normalized spacial score (nSPS) is 14.0. The molecule has 0 amide bonds. The summed E-state index contributed by atoms with van der Waals surface area (Å²) in [6, 6.07) is 0. The summed E-state index contributed by atoms with van der Waals surface area (Å²) < 4.78 is 146. The van der Waals surface area contributed by atoms with Crippen molar-refractivity contribution in [1.29, 1.82) is 0 Å². The van der Waals surface area contributed by atoms with E-state index in [9.17, 15) is 57.1 Å². The van der Waals surface area contributed by atoms with E-state index in [1.807, 2.05) is 0 Å². The molecule has 0 aromatic carbocycles. The van der Waals surface area contributed by atoms with Gasteiger partial charge in [-0.05, 0) is 0 Å². The summed E-state index contributed by atoms with van der Waals surface area (Å²) in [6.45, 7) is -2.37. The van der Waals surface area contributed by atoms with Crippen LogP contribution in [0.1, 0.15) is 6.42 Å². The molecule has 0 aliphatic heterocycles. The predicted octanol–water partition coefficient (Wildman–Crippen LogP) is 4.92. The predicted molar refractivity (Wildman–Crippen MR) is 39.7 cm³/mol. The Morgan fingerprint density at radius 1 is 0.667 bits per heavy atom. The summed E-state index contributed by atoms with van der Waals surface area (Å²) in [5, 5.41) is 0. The molecule has 0 radical (unpaired) electrons. The maximum Gasteiger partial charge on any atom is 0.522 e. The van der Waals surface area contributed by atoms with E-state index in [4.69, 9.17) is 0 Å². The average Bonchev–Trinajstić information content (AvgIpc) is 2.08. The molecule has 0 atom stereocenters. The molecule has 0 saturated heterocycles. The van der Waals surface area contributed by atoms with Crippen LogP contribution < -0.4 is 0 Å². The van der Waals surface area contributed by atoms with E-state index in [2.05, 4.69) is 4.74 Å². The molecule has 0 spiro atoms. The molecular weight excluding hydrogens is 347 g/mol. The van der Waals surface area contributed by atoms with E-state index >= 15 is 0 Å². The second-order valence-electron chi connectivity index (χ2n) is 3.20. The monoisotopic (exact) mass is 352 g/mol. The van der Waals surface area contributed by atoms with Gasteiger partial charge in [-0.25, -0.2) is 8.78 Å². The van der Waals surface area contributed by atoms with Crippen LogP contribution in [0.4, 0.5) is 57.1 Å². The minimum atomic E-state index is -5.32. The third-order valence-electron chi connectivity index (χ3n) is 1.15. The summed E-state index contributed by atoms with van der Waals surface area (Å²) in [5.41, 5.74) is 0. The molecule has 1 nitrogen and oxygen atoms in total. The second-order valence-corrected chi connectivity index (χ2v) is 3.20. The number of ether oxygens (including phenoxy) is 1. The number of alkyl halides is 13. The molecule has 0 aliphatic carbocycles. The lowest BCUT2D eigenvalue weighted by atomic mass is 10.4. The van der Waals surface area contributed by atoms with Gasteiger partial charge in [0, 0.05) is 0 Å². The van der Waals surface area contributed by atoms with Crippen LogP contribution in [-0.4, -0.2) is 37.7 Å². The highest BCUT2D eigenvalue weighted by Gasteiger charge is 2.45. The number of hydrogen-bond donors (Lipinski definition) is 0. The highest BCUT2D eigenvalue weighted by atomic mass is 19.4. The molecule has 0 aromatic heterocycles. The van der Waals surface area contributed by atoms with Gasteiger partial charge in [-0.2, -0.15) is 35.1 Å². The Morgan fingerprint density at radius 2 is 1.00 bits per heavy atom. The van der Waals surface area contributed by atoms with Crippen LogP contribution in [0.2, 0.25) is 0 Å². The highest BCUT2D eigenvalue weighted by molar-refractivity contribution is 4.67. The van der Waals surface area contributed by atoms with Crippen LogP contribution in [0.5, 0.6) is 0 Å². The molecule has 0 N–H and O–H groups in total. The summed E-state index contributed by atoms with van der Waals surface area (Å²) in [6.07, 6.45) is -22.5. The fraction of sp³-hybridized carbons (Fsp3) is 1.00. The molecule has 14 heteroatoms. The maximum absolute atomic E-state index is 11.7. The minimum Gasteiger partial charge on any atom is -0.285 e. The van der Waals surface area contributed by atoms with Crippen LogP contribution in [-0.2, 0) is 4.74 Å². The van der Waals surface area contributed by atoms with Crippen molar-refractivity contribution in [3.63, 3.8) is 0 Å². The third kappa shape index (κ3) is 17.0. The molecule has 0 saturated carbocycles. The van der Waals surface area contributed by atoms with Gasteiger partial charge in [0.05, 0.1) is 0 Å². The topological polar surface area (TPSA) is 9.23 Å². The van der Waals surface area contributed by atoms with Crippen molar-refractivity contribution in [3.05, 3.63) is 0 Å². The Kier molecular flexibility index (Phi) is 7.82. The van der Waals surface area contributed by atoms with Crippen LogP contribution in [0.3, 0.4) is 0 Å². The lowest BCUT2D eigenvalue weighted by molar-refractivity contribution is -0.347. The van der Waals surface area contributed by atoms with Crippen molar-refractivity contribution in [2.45, 2.75) is 37.5 Å². The number of rotatable bonds is 3. The van der Waals surface area contributed by atoms with Crippen LogP contribution in [0.25, 0.3) is 0 Å². The van der Waals surface area contributed by atoms with Gasteiger partial charge in [-0.1, -0.05) is 0 Å². The van der Waals surface area contributed by atoms with Crippen molar-refractivity contribution >= 4 is 0 Å². The zero-order valence-corrected chi connectivity index (χ0v) is 9.31. The fourth-order valence-corrected chi connectivity index (χ4v) is 0.468. The lowest BCUT2D eigenvalue weighted by Crippen LogP contribution is -2.35. The average molecular weight is 352 g/mol. The van der Waals surface area contributed by atoms with E-state index in [0.29, 0.717) is 0 Å². The molecular formula is C7H5F13O. The molecule has 0 aliphatic rings. The SMILES string of the molecule is FC(F)(F)CC(F)(F)F.FC(F)C(F)(F)COC(F)(F)F. The van der Waals surface area contributed by atoms with E-state index in [0.717, 1.165) is 0 Å². The highest BCUT2D eigenvalue weighted by Crippen LogP contribution is 2.31. The van der Waals surface area contributed by atoms with Gasteiger partial charge in [0.25, 0.3) is 0 Å². The summed E-state index contributed by atoms with van der Waals surface area (Å²) in [4.78, 5) is 0. The Morgan fingerprint density at radius 3 is 1.14 bits per heavy atom. The first-order chi connectivity index (χ1) is 8.86. The molecule has 0 unspecified atom stereocenters. The molecule has 0 aromatic rings. The Bertz CT molecular complexity index is 272. The van der Waals surface area contributed by atoms with Gasteiger partial charge < -0.3 is 0 Å². The maximum atomic E-state index is 11.7.